The Balaban J connectivity index is 2.04. The summed E-state index contributed by atoms with van der Waals surface area (Å²) in [7, 11) is 0. The first-order chi connectivity index (χ1) is 11.4. The zero-order valence-corrected chi connectivity index (χ0v) is 12.2. The van der Waals surface area contributed by atoms with Gasteiger partial charge in [0, 0.05) is 18.6 Å². The Bertz CT molecular complexity index is 1030. The van der Waals surface area contributed by atoms with Gasteiger partial charge in [0.05, 0.1) is 21.5 Å². The van der Waals surface area contributed by atoms with Gasteiger partial charge in [-0.2, -0.15) is 0 Å². The summed E-state index contributed by atoms with van der Waals surface area (Å²) in [6.07, 6.45) is 0.101. The van der Waals surface area contributed by atoms with Gasteiger partial charge in [-0.05, 0) is 23.8 Å². The van der Waals surface area contributed by atoms with E-state index in [1.165, 1.54) is 36.4 Å². The van der Waals surface area contributed by atoms with Crippen molar-refractivity contribution in [2.45, 2.75) is 6.42 Å². The predicted molar refractivity (Wildman–Crippen MR) is 85.2 cm³/mol. The normalized spacial score (nSPS) is 10.7. The minimum Gasteiger partial charge on any atom is -0.478 e. The molecule has 0 bridgehead atoms. The van der Waals surface area contributed by atoms with Crippen LogP contribution in [0.2, 0.25) is 0 Å². The molecule has 0 spiro atoms. The number of nitro groups is 1. The lowest BCUT2D eigenvalue weighted by molar-refractivity contribution is -0.384. The quantitative estimate of drug-likeness (QED) is 0.559. The maximum Gasteiger partial charge on any atom is 0.335 e. The summed E-state index contributed by atoms with van der Waals surface area (Å²) in [6.45, 7) is 0. The number of rotatable bonds is 4. The Morgan fingerprint density at radius 3 is 2.75 bits per heavy atom. The number of H-pyrrole nitrogens is 1. The topological polar surface area (TPSA) is 126 Å². The summed E-state index contributed by atoms with van der Waals surface area (Å²) in [5.74, 6) is -1.09. The van der Waals surface area contributed by atoms with E-state index in [-0.39, 0.29) is 23.4 Å². The molecule has 0 atom stereocenters. The summed E-state index contributed by atoms with van der Waals surface area (Å²) in [5, 5.41) is 19.8. The Morgan fingerprint density at radius 1 is 1.25 bits per heavy atom. The summed E-state index contributed by atoms with van der Waals surface area (Å²) in [6, 6.07) is 10.1. The SMILES string of the molecule is O=C(O)c1ccc2[nH]c(=O)c(Cc3cccc([N+](=O)[O-])c3)nc2c1. The molecule has 24 heavy (non-hydrogen) atoms. The lowest BCUT2D eigenvalue weighted by Crippen LogP contribution is -2.16. The van der Waals surface area contributed by atoms with E-state index >= 15 is 0 Å². The number of aromatic nitrogens is 2. The van der Waals surface area contributed by atoms with E-state index in [2.05, 4.69) is 9.97 Å². The first-order valence-electron chi connectivity index (χ1n) is 6.93. The number of aromatic amines is 1. The highest BCUT2D eigenvalue weighted by Crippen LogP contribution is 2.16. The van der Waals surface area contributed by atoms with Crippen molar-refractivity contribution < 1.29 is 14.8 Å². The van der Waals surface area contributed by atoms with Crippen LogP contribution >= 0.6 is 0 Å². The van der Waals surface area contributed by atoms with E-state index < -0.39 is 16.5 Å². The Hall–Kier alpha value is -3.55. The molecule has 8 heteroatoms. The van der Waals surface area contributed by atoms with E-state index in [1.807, 2.05) is 0 Å². The minimum absolute atomic E-state index is 0.0587. The number of carboxylic acid groups (broad SMARTS) is 1. The van der Waals surface area contributed by atoms with Crippen molar-refractivity contribution in [1.82, 2.24) is 9.97 Å². The van der Waals surface area contributed by atoms with Crippen molar-refractivity contribution in [3.63, 3.8) is 0 Å². The number of benzene rings is 2. The minimum atomic E-state index is -1.09. The highest BCUT2D eigenvalue weighted by atomic mass is 16.6. The predicted octanol–water partition coefficient (Wildman–Crippen LogP) is 2.12. The first kappa shape index (κ1) is 15.3. The molecule has 0 radical (unpaired) electrons. The number of nitro benzene ring substituents is 1. The first-order valence-corrected chi connectivity index (χ1v) is 6.93. The summed E-state index contributed by atoms with van der Waals surface area (Å²) < 4.78 is 0. The van der Waals surface area contributed by atoms with Crippen molar-refractivity contribution in [2.24, 2.45) is 0 Å². The van der Waals surface area contributed by atoms with E-state index in [0.717, 1.165) is 0 Å². The number of aromatic carboxylic acids is 1. The standard InChI is InChI=1S/C16H11N3O5/c20-15-14(7-9-2-1-3-11(6-9)19(23)24)17-13-8-10(16(21)22)4-5-12(13)18-15/h1-6,8H,7H2,(H,18,20)(H,21,22). The van der Waals surface area contributed by atoms with Crippen LogP contribution in [-0.4, -0.2) is 26.0 Å². The molecule has 3 aromatic rings. The summed E-state index contributed by atoms with van der Waals surface area (Å²) >= 11 is 0. The number of nitrogens with one attached hydrogen (secondary N) is 1. The fourth-order valence-electron chi connectivity index (χ4n) is 2.35. The molecule has 8 nitrogen and oxygen atoms in total. The summed E-state index contributed by atoms with van der Waals surface area (Å²) in [4.78, 5) is 40.3. The van der Waals surface area contributed by atoms with E-state index in [0.29, 0.717) is 16.6 Å². The molecule has 120 valence electrons. The molecule has 3 rings (SSSR count). The van der Waals surface area contributed by atoms with Crippen LogP contribution < -0.4 is 5.56 Å². The smallest absolute Gasteiger partial charge is 0.335 e. The lowest BCUT2D eigenvalue weighted by atomic mass is 10.1. The lowest BCUT2D eigenvalue weighted by Gasteiger charge is -2.04. The average Bonchev–Trinajstić information content (AvgIpc) is 2.55. The average molecular weight is 325 g/mol. The van der Waals surface area contributed by atoms with E-state index in [1.54, 1.807) is 6.07 Å². The Labute approximate surface area is 134 Å². The molecule has 1 heterocycles. The van der Waals surface area contributed by atoms with Crippen LogP contribution in [0.4, 0.5) is 5.69 Å². The van der Waals surface area contributed by atoms with Crippen molar-refractivity contribution in [3.8, 4) is 0 Å². The van der Waals surface area contributed by atoms with Crippen molar-refractivity contribution in [1.29, 1.82) is 0 Å². The monoisotopic (exact) mass is 325 g/mol. The van der Waals surface area contributed by atoms with Crippen molar-refractivity contribution >= 4 is 22.7 Å². The van der Waals surface area contributed by atoms with Crippen LogP contribution in [0.5, 0.6) is 0 Å². The molecule has 0 fully saturated rings. The molecule has 0 aliphatic carbocycles. The third-order valence-corrected chi connectivity index (χ3v) is 3.50. The third kappa shape index (κ3) is 2.98. The molecule has 2 aromatic carbocycles. The highest BCUT2D eigenvalue weighted by Gasteiger charge is 2.11. The molecule has 0 saturated heterocycles. The van der Waals surface area contributed by atoms with Gasteiger partial charge in [-0.1, -0.05) is 12.1 Å². The Kier molecular flexibility index (Phi) is 3.78. The zero-order valence-electron chi connectivity index (χ0n) is 12.2. The van der Waals surface area contributed by atoms with Gasteiger partial charge in [-0.25, -0.2) is 9.78 Å². The molecule has 0 unspecified atom stereocenters. The largest absolute Gasteiger partial charge is 0.478 e. The molecule has 1 aromatic heterocycles. The number of nitrogens with zero attached hydrogens (tertiary/aromatic N) is 2. The zero-order chi connectivity index (χ0) is 17.3. The number of hydrogen-bond donors (Lipinski definition) is 2. The number of non-ortho nitro benzene ring substituents is 1. The van der Waals surface area contributed by atoms with Crippen molar-refractivity contribution in [3.05, 3.63) is 79.8 Å². The van der Waals surface area contributed by atoms with Crippen LogP contribution in [0.1, 0.15) is 21.6 Å². The van der Waals surface area contributed by atoms with Crippen LogP contribution in [0.15, 0.2) is 47.3 Å². The summed E-state index contributed by atoms with van der Waals surface area (Å²) in [5.41, 5.74) is 1.06. The van der Waals surface area contributed by atoms with E-state index in [4.69, 9.17) is 5.11 Å². The number of hydrogen-bond acceptors (Lipinski definition) is 5. The highest BCUT2D eigenvalue weighted by molar-refractivity contribution is 5.92. The Morgan fingerprint density at radius 2 is 2.04 bits per heavy atom. The van der Waals surface area contributed by atoms with Gasteiger partial charge >= 0.3 is 5.97 Å². The van der Waals surface area contributed by atoms with Crippen LogP contribution in [0, 0.1) is 10.1 Å². The molecule has 0 amide bonds. The van der Waals surface area contributed by atoms with Crippen LogP contribution in [-0.2, 0) is 6.42 Å². The third-order valence-electron chi connectivity index (χ3n) is 3.50. The second kappa shape index (κ2) is 5.92. The molecular weight excluding hydrogens is 314 g/mol. The van der Waals surface area contributed by atoms with Gasteiger partial charge in [-0.3, -0.25) is 14.9 Å². The number of carbonyl (C=O) groups is 1. The maximum absolute atomic E-state index is 12.1. The fourth-order valence-corrected chi connectivity index (χ4v) is 2.35. The van der Waals surface area contributed by atoms with Gasteiger partial charge in [-0.15, -0.1) is 0 Å². The van der Waals surface area contributed by atoms with Gasteiger partial charge in [0.1, 0.15) is 5.69 Å². The van der Waals surface area contributed by atoms with E-state index in [9.17, 15) is 19.7 Å². The fraction of sp³-hybridized carbons (Fsp3) is 0.0625. The van der Waals surface area contributed by atoms with Crippen molar-refractivity contribution in [2.75, 3.05) is 0 Å². The second-order valence-corrected chi connectivity index (χ2v) is 5.15. The second-order valence-electron chi connectivity index (χ2n) is 5.15. The van der Waals surface area contributed by atoms with Gasteiger partial charge in [0.15, 0.2) is 0 Å². The molecule has 0 aliphatic heterocycles. The van der Waals surface area contributed by atoms with Gasteiger partial charge in [0.2, 0.25) is 0 Å². The van der Waals surface area contributed by atoms with Gasteiger partial charge < -0.3 is 10.1 Å². The maximum atomic E-state index is 12.1. The molecule has 2 N–H and O–H groups in total. The molecular formula is C16H11N3O5. The van der Waals surface area contributed by atoms with Crippen LogP contribution in [0.25, 0.3) is 11.0 Å². The molecule has 0 saturated carbocycles. The molecule has 0 aliphatic rings. The van der Waals surface area contributed by atoms with Crippen LogP contribution in [0.3, 0.4) is 0 Å². The van der Waals surface area contributed by atoms with Gasteiger partial charge in [0.25, 0.3) is 11.2 Å². The number of fused-ring (bicyclic) bond motifs is 1. The number of carboxylic acids is 1.